The summed E-state index contributed by atoms with van der Waals surface area (Å²) in [6, 6.07) is 0. The van der Waals surface area contributed by atoms with Gasteiger partial charge in [0.05, 0.1) is 5.75 Å². The molecule has 4 saturated carbocycles. The van der Waals surface area contributed by atoms with Crippen molar-refractivity contribution in [2.75, 3.05) is 5.75 Å². The van der Waals surface area contributed by atoms with Gasteiger partial charge >= 0.3 is 0 Å². The summed E-state index contributed by atoms with van der Waals surface area (Å²) in [7, 11) is 0. The van der Waals surface area contributed by atoms with Gasteiger partial charge in [0.25, 0.3) is 0 Å². The van der Waals surface area contributed by atoms with Crippen LogP contribution in [0, 0.1) is 29.1 Å². The average Bonchev–Trinajstić information content (AvgIpc) is 2.97. The van der Waals surface area contributed by atoms with E-state index in [1.54, 1.807) is 0 Å². The minimum absolute atomic E-state index is 0.0561. The molecule has 0 aliphatic heterocycles. The molecule has 1 aromatic heterocycles. The van der Waals surface area contributed by atoms with E-state index in [-0.39, 0.29) is 17.7 Å². The summed E-state index contributed by atoms with van der Waals surface area (Å²) >= 11 is 1.52. The molecule has 6 nitrogen and oxygen atoms in total. The van der Waals surface area contributed by atoms with Crippen molar-refractivity contribution < 1.29 is 9.59 Å². The minimum Gasteiger partial charge on any atom is -0.370 e. The molecule has 0 atom stereocenters. The lowest BCUT2D eigenvalue weighted by Crippen LogP contribution is -2.50. The van der Waals surface area contributed by atoms with Gasteiger partial charge in [-0.05, 0) is 62.2 Å². The summed E-state index contributed by atoms with van der Waals surface area (Å²) in [5.74, 6) is 4.15. The number of primary amides is 1. The maximum Gasteiger partial charge on any atom is 0.217 e. The fourth-order valence-electron chi connectivity index (χ4n) is 6.13. The summed E-state index contributed by atoms with van der Waals surface area (Å²) in [5, 5.41) is 9.42. The van der Waals surface area contributed by atoms with Crippen molar-refractivity contribution in [1.82, 2.24) is 14.8 Å². The van der Waals surface area contributed by atoms with Crippen LogP contribution in [0.15, 0.2) is 5.16 Å². The van der Waals surface area contributed by atoms with Gasteiger partial charge in [0.2, 0.25) is 5.91 Å². The lowest BCUT2D eigenvalue weighted by molar-refractivity contribution is -0.141. The molecule has 1 amide bonds. The molecule has 0 radical (unpaired) electrons. The Morgan fingerprint density at radius 2 is 1.75 bits per heavy atom. The van der Waals surface area contributed by atoms with E-state index >= 15 is 0 Å². The van der Waals surface area contributed by atoms with E-state index < -0.39 is 0 Å². The first-order chi connectivity index (χ1) is 13.3. The number of nitrogens with two attached hydrogens (primary N) is 1. The van der Waals surface area contributed by atoms with Crippen molar-refractivity contribution in [2.45, 2.75) is 76.9 Å². The predicted molar refractivity (Wildman–Crippen MR) is 109 cm³/mol. The molecule has 1 aromatic rings. The van der Waals surface area contributed by atoms with Gasteiger partial charge in [-0.15, -0.1) is 10.2 Å². The third kappa shape index (κ3) is 4.00. The second kappa shape index (κ2) is 7.81. The van der Waals surface area contributed by atoms with Crippen LogP contribution in [0.25, 0.3) is 0 Å². The van der Waals surface area contributed by atoms with Gasteiger partial charge in [0.1, 0.15) is 11.6 Å². The smallest absolute Gasteiger partial charge is 0.217 e. The van der Waals surface area contributed by atoms with Gasteiger partial charge in [0, 0.05) is 24.8 Å². The Morgan fingerprint density at radius 1 is 1.14 bits per heavy atom. The summed E-state index contributed by atoms with van der Waals surface area (Å²) in [5.41, 5.74) is 5.24. The Hall–Kier alpha value is -1.37. The number of hydrogen-bond donors (Lipinski definition) is 1. The number of rotatable bonds is 9. The van der Waals surface area contributed by atoms with Gasteiger partial charge in [-0.3, -0.25) is 9.59 Å². The van der Waals surface area contributed by atoms with Gasteiger partial charge in [-0.25, -0.2) is 0 Å². The Morgan fingerprint density at radius 3 is 2.29 bits per heavy atom. The molecular weight excluding hydrogens is 372 g/mol. The highest BCUT2D eigenvalue weighted by Crippen LogP contribution is 2.60. The van der Waals surface area contributed by atoms with E-state index in [4.69, 9.17) is 5.73 Å². The fraction of sp³-hybridized carbons (Fsp3) is 0.810. The number of thioether (sulfide) groups is 1. The molecule has 0 unspecified atom stereocenters. The van der Waals surface area contributed by atoms with Crippen LogP contribution < -0.4 is 5.73 Å². The largest absolute Gasteiger partial charge is 0.370 e. The number of amides is 1. The first-order valence-corrected chi connectivity index (χ1v) is 11.7. The molecule has 4 fully saturated rings. The molecule has 5 rings (SSSR count). The van der Waals surface area contributed by atoms with Crippen LogP contribution >= 0.6 is 11.8 Å². The van der Waals surface area contributed by atoms with Gasteiger partial charge in [-0.2, -0.15) is 0 Å². The molecule has 0 aromatic carbocycles. The molecule has 1 heterocycles. The Bertz CT molecular complexity index is 722. The quantitative estimate of drug-likeness (QED) is 0.638. The molecule has 0 spiro atoms. The summed E-state index contributed by atoms with van der Waals surface area (Å²) < 4.78 is 2.07. The normalized spacial score (nSPS) is 30.9. The summed E-state index contributed by atoms with van der Waals surface area (Å²) in [6.45, 7) is 5.08. The Balaban J connectivity index is 1.44. The monoisotopic (exact) mass is 404 g/mol. The standard InChI is InChI=1S/C21H32N4O2S/c1-13(2)11-25-19(4-3-18(22)27)23-24-20(25)28-12-17(26)21-8-14-5-15(9-21)7-16(6-14)10-21/h13-16H,3-12H2,1-2H3,(H2,22,27). The van der Waals surface area contributed by atoms with Crippen LogP contribution in [0.3, 0.4) is 0 Å². The first-order valence-electron chi connectivity index (χ1n) is 10.7. The number of hydrogen-bond acceptors (Lipinski definition) is 5. The number of carbonyl (C=O) groups is 2. The van der Waals surface area contributed by atoms with Crippen molar-refractivity contribution in [3.8, 4) is 0 Å². The molecule has 0 saturated heterocycles. The molecule has 4 aliphatic carbocycles. The first kappa shape index (κ1) is 19.9. The highest BCUT2D eigenvalue weighted by molar-refractivity contribution is 7.99. The zero-order valence-electron chi connectivity index (χ0n) is 17.0. The number of Topliss-reactive ketones (excluding diaryl/α,β-unsaturated/α-hetero) is 1. The number of carbonyl (C=O) groups excluding carboxylic acids is 2. The predicted octanol–water partition coefficient (Wildman–Crippen LogP) is 3.23. The van der Waals surface area contributed by atoms with E-state index in [0.717, 1.165) is 54.5 Å². The van der Waals surface area contributed by atoms with Crippen LogP contribution in [0.2, 0.25) is 0 Å². The van der Waals surface area contributed by atoms with Crippen molar-refractivity contribution in [1.29, 1.82) is 0 Å². The van der Waals surface area contributed by atoms with Gasteiger partial charge in [0.15, 0.2) is 5.16 Å². The van der Waals surface area contributed by atoms with Crippen LogP contribution in [0.4, 0.5) is 0 Å². The number of aromatic nitrogens is 3. The van der Waals surface area contributed by atoms with E-state index in [1.807, 2.05) is 0 Å². The van der Waals surface area contributed by atoms with Crippen molar-refractivity contribution in [2.24, 2.45) is 34.8 Å². The van der Waals surface area contributed by atoms with Crippen molar-refractivity contribution in [3.05, 3.63) is 5.82 Å². The van der Waals surface area contributed by atoms with Crippen LogP contribution in [-0.4, -0.2) is 32.2 Å². The zero-order chi connectivity index (χ0) is 19.9. The molecule has 4 aliphatic rings. The second-order valence-corrected chi connectivity index (χ2v) is 10.7. The Kier molecular flexibility index (Phi) is 5.55. The topological polar surface area (TPSA) is 90.9 Å². The number of nitrogens with zero attached hydrogens (tertiary/aromatic N) is 3. The SMILES string of the molecule is CC(C)Cn1c(CCC(N)=O)nnc1SCC(=O)C12CC3CC(CC(C3)C1)C2. The fourth-order valence-corrected chi connectivity index (χ4v) is 7.13. The lowest BCUT2D eigenvalue weighted by Gasteiger charge is -2.56. The molecular formula is C21H32N4O2S. The molecule has 7 heteroatoms. The third-order valence-electron chi connectivity index (χ3n) is 6.90. The molecule has 154 valence electrons. The number of aryl methyl sites for hydroxylation is 1. The molecule has 28 heavy (non-hydrogen) atoms. The lowest BCUT2D eigenvalue weighted by atomic mass is 9.48. The highest BCUT2D eigenvalue weighted by atomic mass is 32.2. The maximum atomic E-state index is 13.3. The molecule has 4 bridgehead atoms. The van der Waals surface area contributed by atoms with Crippen LogP contribution in [-0.2, 0) is 22.6 Å². The molecule has 2 N–H and O–H groups in total. The third-order valence-corrected chi connectivity index (χ3v) is 7.87. The van der Waals surface area contributed by atoms with E-state index in [1.165, 1.54) is 31.0 Å². The second-order valence-electron chi connectivity index (χ2n) is 9.78. The zero-order valence-corrected chi connectivity index (χ0v) is 17.8. The van der Waals surface area contributed by atoms with Gasteiger partial charge < -0.3 is 10.3 Å². The highest BCUT2D eigenvalue weighted by Gasteiger charge is 2.54. The van der Waals surface area contributed by atoms with Crippen LogP contribution in [0.5, 0.6) is 0 Å². The number of ketones is 1. The van der Waals surface area contributed by atoms with Crippen molar-refractivity contribution in [3.63, 3.8) is 0 Å². The van der Waals surface area contributed by atoms with E-state index in [2.05, 4.69) is 28.6 Å². The summed E-state index contributed by atoms with van der Waals surface area (Å²) in [4.78, 5) is 24.4. The van der Waals surface area contributed by atoms with E-state index in [9.17, 15) is 9.59 Å². The van der Waals surface area contributed by atoms with Gasteiger partial charge in [-0.1, -0.05) is 25.6 Å². The minimum atomic E-state index is -0.328. The average molecular weight is 405 g/mol. The van der Waals surface area contributed by atoms with Crippen molar-refractivity contribution >= 4 is 23.5 Å². The van der Waals surface area contributed by atoms with Crippen LogP contribution in [0.1, 0.15) is 64.6 Å². The summed E-state index contributed by atoms with van der Waals surface area (Å²) in [6.07, 6.45) is 8.16. The van der Waals surface area contributed by atoms with E-state index in [0.29, 0.717) is 23.9 Å². The Labute approximate surface area is 171 Å². The maximum absolute atomic E-state index is 13.3.